The molecule has 36 heavy (non-hydrogen) atoms. The molecule has 0 heterocycles. The Kier molecular flexibility index (Phi) is 9.84. The van der Waals surface area contributed by atoms with Crippen LogP contribution in [-0.2, 0) is 9.53 Å². The van der Waals surface area contributed by atoms with Crippen molar-refractivity contribution in [2.75, 3.05) is 6.61 Å². The lowest BCUT2D eigenvalue weighted by Crippen LogP contribution is -2.61. The first-order valence-corrected chi connectivity index (χ1v) is 9.12. The maximum atomic E-state index is 13.6. The number of carbonyl (C=O) groups is 1. The van der Waals surface area contributed by atoms with Crippen LogP contribution in [0.2, 0.25) is 0 Å². The molecular formula is C17H15F17O2. The minimum atomic E-state index is -7.49. The number of halogens is 17. The SMILES string of the molecule is C=CC(=O)OCCC(F)(F)C(F)(F)CCC(F)(F)C(F)(F)CCC(F)(F)C(F)(F)C(F)(F)C(F)(F)F. The van der Waals surface area contributed by atoms with E-state index in [4.69, 9.17) is 0 Å². The third kappa shape index (κ3) is 7.07. The van der Waals surface area contributed by atoms with Gasteiger partial charge in [-0.25, -0.2) is 4.79 Å². The summed E-state index contributed by atoms with van der Waals surface area (Å²) in [5.74, 6) is -45.6. The molecule has 0 unspecified atom stereocenters. The maximum Gasteiger partial charge on any atom is 0.460 e. The lowest BCUT2D eigenvalue weighted by molar-refractivity contribution is -0.398. The Morgan fingerprint density at radius 2 is 0.833 bits per heavy atom. The fraction of sp³-hybridized carbons (Fsp3) is 0.824. The molecule has 0 amide bonds. The highest BCUT2D eigenvalue weighted by molar-refractivity contribution is 5.81. The van der Waals surface area contributed by atoms with Crippen molar-refractivity contribution in [1.82, 2.24) is 0 Å². The van der Waals surface area contributed by atoms with Crippen LogP contribution in [0.4, 0.5) is 74.6 Å². The zero-order valence-electron chi connectivity index (χ0n) is 17.3. The van der Waals surface area contributed by atoms with E-state index in [1.54, 1.807) is 0 Å². The highest BCUT2D eigenvalue weighted by Gasteiger charge is 2.81. The summed E-state index contributed by atoms with van der Waals surface area (Å²) in [6, 6.07) is 0. The summed E-state index contributed by atoms with van der Waals surface area (Å²) in [7, 11) is 0. The molecule has 0 saturated carbocycles. The van der Waals surface area contributed by atoms with Crippen molar-refractivity contribution >= 4 is 5.97 Å². The average Bonchev–Trinajstić information content (AvgIpc) is 2.69. The maximum absolute atomic E-state index is 13.6. The van der Waals surface area contributed by atoms with Crippen LogP contribution in [0.25, 0.3) is 0 Å². The molecule has 0 N–H and O–H groups in total. The van der Waals surface area contributed by atoms with E-state index in [1.807, 2.05) is 0 Å². The average molecular weight is 574 g/mol. The van der Waals surface area contributed by atoms with Gasteiger partial charge in [-0.05, 0) is 0 Å². The van der Waals surface area contributed by atoms with Crippen molar-refractivity contribution < 1.29 is 84.2 Å². The van der Waals surface area contributed by atoms with Crippen molar-refractivity contribution in [2.24, 2.45) is 0 Å². The molecule has 0 radical (unpaired) electrons. The van der Waals surface area contributed by atoms with Crippen molar-refractivity contribution in [3.8, 4) is 0 Å². The smallest absolute Gasteiger partial charge is 0.460 e. The molecule has 2 nitrogen and oxygen atoms in total. The minimum absolute atomic E-state index is 0.433. The van der Waals surface area contributed by atoms with Crippen LogP contribution in [-0.4, -0.2) is 60.2 Å². The van der Waals surface area contributed by atoms with Gasteiger partial charge in [0.05, 0.1) is 13.0 Å². The van der Waals surface area contributed by atoms with E-state index in [-0.39, 0.29) is 0 Å². The van der Waals surface area contributed by atoms with Crippen LogP contribution >= 0.6 is 0 Å². The van der Waals surface area contributed by atoms with Gasteiger partial charge >= 0.3 is 53.6 Å². The number of rotatable bonds is 14. The number of esters is 1. The number of ether oxygens (including phenoxy) is 1. The van der Waals surface area contributed by atoms with Crippen molar-refractivity contribution in [1.29, 1.82) is 0 Å². The molecule has 0 aromatic heterocycles. The van der Waals surface area contributed by atoms with Crippen LogP contribution in [0.5, 0.6) is 0 Å². The van der Waals surface area contributed by atoms with Crippen LogP contribution in [0.1, 0.15) is 32.1 Å². The third-order valence-electron chi connectivity index (χ3n) is 4.61. The molecule has 214 valence electrons. The van der Waals surface area contributed by atoms with E-state index in [2.05, 4.69) is 11.3 Å². The van der Waals surface area contributed by atoms with Gasteiger partial charge in [-0.1, -0.05) is 6.58 Å². The second kappa shape index (κ2) is 10.4. The van der Waals surface area contributed by atoms with Gasteiger partial charge in [0.1, 0.15) is 0 Å². The predicted molar refractivity (Wildman–Crippen MR) is 84.9 cm³/mol. The van der Waals surface area contributed by atoms with Gasteiger partial charge in [-0.3, -0.25) is 0 Å². The molecule has 0 aromatic rings. The van der Waals surface area contributed by atoms with Crippen molar-refractivity contribution in [3.05, 3.63) is 12.7 Å². The zero-order chi connectivity index (χ0) is 29.2. The summed E-state index contributed by atoms with van der Waals surface area (Å²) in [5.41, 5.74) is 0. The summed E-state index contributed by atoms with van der Waals surface area (Å²) in [6.07, 6.45) is -21.2. The second-order valence-electron chi connectivity index (χ2n) is 7.29. The highest BCUT2D eigenvalue weighted by atomic mass is 19.4. The molecular weight excluding hydrogens is 559 g/mol. The Hall–Kier alpha value is -1.98. The third-order valence-corrected chi connectivity index (χ3v) is 4.61. The molecule has 19 heteroatoms. The van der Waals surface area contributed by atoms with Crippen molar-refractivity contribution in [3.63, 3.8) is 0 Å². The second-order valence-corrected chi connectivity index (χ2v) is 7.29. The van der Waals surface area contributed by atoms with Gasteiger partial charge in [0.2, 0.25) is 0 Å². The van der Waals surface area contributed by atoms with Crippen LogP contribution < -0.4 is 0 Å². The molecule has 0 aliphatic carbocycles. The predicted octanol–water partition coefficient (Wildman–Crippen LogP) is 7.68. The van der Waals surface area contributed by atoms with Crippen LogP contribution in [0.15, 0.2) is 12.7 Å². The van der Waals surface area contributed by atoms with Crippen LogP contribution in [0.3, 0.4) is 0 Å². The molecule has 0 saturated heterocycles. The first kappa shape index (κ1) is 34.0. The summed E-state index contributed by atoms with van der Waals surface area (Å²) >= 11 is 0. The van der Waals surface area contributed by atoms with E-state index in [0.29, 0.717) is 6.08 Å². The molecule has 0 fully saturated rings. The number of alkyl halides is 17. The number of hydrogen-bond donors (Lipinski definition) is 0. The monoisotopic (exact) mass is 574 g/mol. The molecule has 0 spiro atoms. The fourth-order valence-electron chi connectivity index (χ4n) is 2.26. The Morgan fingerprint density at radius 3 is 1.14 bits per heavy atom. The minimum Gasteiger partial charge on any atom is -0.462 e. The fourth-order valence-corrected chi connectivity index (χ4v) is 2.26. The number of hydrogen-bond acceptors (Lipinski definition) is 2. The standard InChI is InChI=1S/C17H15F17O2/c1-2-9(35)36-8-7-13(24,25)12(22,23)4-3-10(18,19)11(20,21)5-6-14(26,27)15(28,29)16(30,31)17(32,33)34/h2H,1,3-8H2. The van der Waals surface area contributed by atoms with E-state index < -0.39 is 92.3 Å². The van der Waals surface area contributed by atoms with E-state index >= 15 is 0 Å². The highest BCUT2D eigenvalue weighted by Crippen LogP contribution is 2.55. The Labute approximate surface area is 190 Å². The van der Waals surface area contributed by atoms with Gasteiger partial charge in [-0.15, -0.1) is 0 Å². The van der Waals surface area contributed by atoms with E-state index in [9.17, 15) is 79.4 Å². The summed E-state index contributed by atoms with van der Waals surface area (Å²) < 4.78 is 227. The van der Waals surface area contributed by atoms with E-state index in [0.717, 1.165) is 0 Å². The van der Waals surface area contributed by atoms with Crippen LogP contribution in [0, 0.1) is 0 Å². The largest absolute Gasteiger partial charge is 0.462 e. The Morgan fingerprint density at radius 1 is 0.528 bits per heavy atom. The first-order chi connectivity index (χ1) is 15.6. The topological polar surface area (TPSA) is 26.3 Å². The molecule has 0 bridgehead atoms. The zero-order valence-corrected chi connectivity index (χ0v) is 17.3. The van der Waals surface area contributed by atoms with Gasteiger partial charge < -0.3 is 4.74 Å². The molecule has 0 aliphatic heterocycles. The molecule has 0 aromatic carbocycles. The Bertz CT molecular complexity index is 770. The lowest BCUT2D eigenvalue weighted by atomic mass is 9.93. The quantitative estimate of drug-likeness (QED) is 0.121. The summed E-state index contributed by atoms with van der Waals surface area (Å²) in [4.78, 5) is 10.7. The van der Waals surface area contributed by atoms with Gasteiger partial charge in [0.15, 0.2) is 0 Å². The Balaban J connectivity index is 5.46. The van der Waals surface area contributed by atoms with Gasteiger partial charge in [0, 0.05) is 31.8 Å². The first-order valence-electron chi connectivity index (χ1n) is 9.12. The molecule has 0 rings (SSSR count). The van der Waals surface area contributed by atoms with Gasteiger partial charge in [-0.2, -0.15) is 74.6 Å². The summed E-state index contributed by atoms with van der Waals surface area (Å²) in [5, 5.41) is 0. The molecule has 0 atom stereocenters. The van der Waals surface area contributed by atoms with Crippen molar-refractivity contribution in [2.45, 2.75) is 79.7 Å². The normalized spacial score (nSPS) is 15.1. The summed E-state index contributed by atoms with van der Waals surface area (Å²) in [6.45, 7) is 1.42. The van der Waals surface area contributed by atoms with E-state index in [1.165, 1.54) is 0 Å². The van der Waals surface area contributed by atoms with Gasteiger partial charge in [0.25, 0.3) is 0 Å². The lowest BCUT2D eigenvalue weighted by Gasteiger charge is -2.35. The molecule has 0 aliphatic rings. The number of carbonyl (C=O) groups excluding carboxylic acids is 1.